The average Bonchev–Trinajstić information content (AvgIpc) is 2.71. The van der Waals surface area contributed by atoms with Gasteiger partial charge in [-0.1, -0.05) is 0 Å². The highest BCUT2D eigenvalue weighted by Crippen LogP contribution is 2.32. The highest BCUT2D eigenvalue weighted by atomic mass is 19.1. The molecule has 1 saturated carbocycles. The summed E-state index contributed by atoms with van der Waals surface area (Å²) in [5, 5.41) is 3.34. The Labute approximate surface area is 91.2 Å². The van der Waals surface area contributed by atoms with E-state index in [1.54, 1.807) is 0 Å². The van der Waals surface area contributed by atoms with Crippen molar-refractivity contribution in [3.8, 4) is 0 Å². The second-order valence-corrected chi connectivity index (χ2v) is 5.28. The van der Waals surface area contributed by atoms with E-state index in [-0.39, 0.29) is 6.04 Å². The van der Waals surface area contributed by atoms with Gasteiger partial charge in [-0.05, 0) is 39.3 Å². The first-order valence-electron chi connectivity index (χ1n) is 5.94. The summed E-state index contributed by atoms with van der Waals surface area (Å²) in [6, 6.07) is 0.544. The maximum Gasteiger partial charge on any atom is 0.125 e. The van der Waals surface area contributed by atoms with Gasteiger partial charge in [-0.15, -0.1) is 0 Å². The number of hydrogen-bond acceptors (Lipinski definition) is 3. The Balaban J connectivity index is 1.73. The monoisotopic (exact) mass is 215 g/mol. The van der Waals surface area contributed by atoms with Crippen LogP contribution in [-0.4, -0.2) is 49.3 Å². The van der Waals surface area contributed by atoms with Crippen molar-refractivity contribution in [2.45, 2.75) is 43.4 Å². The molecule has 0 spiro atoms. The lowest BCUT2D eigenvalue weighted by atomic mass is 10.0. The van der Waals surface area contributed by atoms with Crippen LogP contribution in [0.25, 0.3) is 0 Å². The molecule has 3 nitrogen and oxygen atoms in total. The van der Waals surface area contributed by atoms with Crippen molar-refractivity contribution >= 4 is 0 Å². The van der Waals surface area contributed by atoms with E-state index in [9.17, 15) is 4.39 Å². The summed E-state index contributed by atoms with van der Waals surface area (Å²) in [6.45, 7) is 2.65. The van der Waals surface area contributed by atoms with E-state index < -0.39 is 5.67 Å². The molecule has 0 aromatic carbocycles. The maximum absolute atomic E-state index is 14.2. The number of alkyl halides is 1. The quantitative estimate of drug-likeness (QED) is 0.720. The van der Waals surface area contributed by atoms with Crippen molar-refractivity contribution in [3.05, 3.63) is 0 Å². The minimum absolute atomic E-state index is 0.0723. The molecule has 0 bridgehead atoms. The van der Waals surface area contributed by atoms with Crippen LogP contribution >= 0.6 is 0 Å². The van der Waals surface area contributed by atoms with Gasteiger partial charge in [-0.2, -0.15) is 0 Å². The smallest absolute Gasteiger partial charge is 0.125 e. The molecule has 0 aromatic rings. The molecule has 0 aromatic heterocycles. The van der Waals surface area contributed by atoms with Gasteiger partial charge in [0, 0.05) is 25.2 Å². The fourth-order valence-corrected chi connectivity index (χ4v) is 2.71. The first kappa shape index (κ1) is 11.3. The Morgan fingerprint density at radius 1 is 1.53 bits per heavy atom. The Kier molecular flexibility index (Phi) is 3.28. The Morgan fingerprint density at radius 2 is 2.33 bits per heavy atom. The number of nitrogens with one attached hydrogen (secondary N) is 1. The summed E-state index contributed by atoms with van der Waals surface area (Å²) in [5.41, 5.74) is 4.70. The van der Waals surface area contributed by atoms with E-state index in [1.807, 2.05) is 0 Å². The summed E-state index contributed by atoms with van der Waals surface area (Å²) < 4.78 is 14.2. The van der Waals surface area contributed by atoms with Gasteiger partial charge in [0.2, 0.25) is 0 Å². The van der Waals surface area contributed by atoms with Gasteiger partial charge in [-0.25, -0.2) is 4.39 Å². The minimum Gasteiger partial charge on any atom is -0.328 e. The molecule has 1 aliphatic carbocycles. The van der Waals surface area contributed by atoms with Crippen LogP contribution in [0.4, 0.5) is 4.39 Å². The number of likely N-dealkylation sites (N-methyl/N-ethyl adjacent to an activating group) is 1. The van der Waals surface area contributed by atoms with Crippen LogP contribution in [0.2, 0.25) is 0 Å². The minimum atomic E-state index is -1.04. The van der Waals surface area contributed by atoms with E-state index in [4.69, 9.17) is 5.73 Å². The van der Waals surface area contributed by atoms with Crippen LogP contribution in [0.3, 0.4) is 0 Å². The van der Waals surface area contributed by atoms with E-state index >= 15 is 0 Å². The highest BCUT2D eigenvalue weighted by molar-refractivity contribution is 4.94. The van der Waals surface area contributed by atoms with Crippen LogP contribution in [0.1, 0.15) is 25.7 Å². The Bertz CT molecular complexity index is 224. The van der Waals surface area contributed by atoms with Gasteiger partial charge in [0.15, 0.2) is 0 Å². The van der Waals surface area contributed by atoms with Crippen molar-refractivity contribution in [3.63, 3.8) is 0 Å². The van der Waals surface area contributed by atoms with E-state index in [0.717, 1.165) is 25.9 Å². The molecule has 15 heavy (non-hydrogen) atoms. The fraction of sp³-hybridized carbons (Fsp3) is 1.00. The summed E-state index contributed by atoms with van der Waals surface area (Å²) in [4.78, 5) is 2.28. The largest absolute Gasteiger partial charge is 0.328 e. The van der Waals surface area contributed by atoms with E-state index in [0.29, 0.717) is 25.4 Å². The molecule has 3 atom stereocenters. The lowest BCUT2D eigenvalue weighted by molar-refractivity contribution is 0.160. The zero-order chi connectivity index (χ0) is 10.9. The molecule has 1 heterocycles. The molecule has 1 aliphatic heterocycles. The molecule has 0 radical (unpaired) electrons. The zero-order valence-electron chi connectivity index (χ0n) is 9.51. The number of rotatable bonds is 3. The summed E-state index contributed by atoms with van der Waals surface area (Å²) in [6.07, 6.45) is 3.13. The van der Waals surface area contributed by atoms with Crippen molar-refractivity contribution < 1.29 is 4.39 Å². The first-order valence-corrected chi connectivity index (χ1v) is 5.94. The van der Waals surface area contributed by atoms with Gasteiger partial charge in [0.25, 0.3) is 0 Å². The predicted molar refractivity (Wildman–Crippen MR) is 59.6 cm³/mol. The van der Waals surface area contributed by atoms with Gasteiger partial charge in [-0.3, -0.25) is 0 Å². The Hall–Kier alpha value is -0.190. The molecule has 3 N–H and O–H groups in total. The number of likely N-dealkylation sites (tertiary alicyclic amines) is 1. The lowest BCUT2D eigenvalue weighted by Crippen LogP contribution is -2.42. The maximum atomic E-state index is 14.2. The second-order valence-electron chi connectivity index (χ2n) is 5.28. The summed E-state index contributed by atoms with van der Waals surface area (Å²) in [7, 11) is 2.11. The molecule has 3 unspecified atom stereocenters. The third-order valence-corrected chi connectivity index (χ3v) is 3.69. The topological polar surface area (TPSA) is 41.3 Å². The summed E-state index contributed by atoms with van der Waals surface area (Å²) in [5.74, 6) is 0. The van der Waals surface area contributed by atoms with E-state index in [1.165, 1.54) is 0 Å². The first-order chi connectivity index (χ1) is 7.07. The lowest BCUT2D eigenvalue weighted by Gasteiger charge is -2.22. The molecule has 2 rings (SSSR count). The van der Waals surface area contributed by atoms with Gasteiger partial charge >= 0.3 is 0 Å². The molecule has 2 fully saturated rings. The van der Waals surface area contributed by atoms with Gasteiger partial charge in [0.1, 0.15) is 5.67 Å². The van der Waals surface area contributed by atoms with Crippen LogP contribution in [0, 0.1) is 0 Å². The zero-order valence-corrected chi connectivity index (χ0v) is 9.51. The third kappa shape index (κ3) is 2.89. The van der Waals surface area contributed by atoms with Crippen molar-refractivity contribution in [1.29, 1.82) is 0 Å². The van der Waals surface area contributed by atoms with Crippen LogP contribution < -0.4 is 11.1 Å². The fourth-order valence-electron chi connectivity index (χ4n) is 2.71. The summed E-state index contributed by atoms with van der Waals surface area (Å²) >= 11 is 0. The number of hydrogen-bond donors (Lipinski definition) is 2. The predicted octanol–water partition coefficient (Wildman–Crippen LogP) is 0.500. The molecule has 88 valence electrons. The van der Waals surface area contributed by atoms with Gasteiger partial charge in [0.05, 0.1) is 0 Å². The van der Waals surface area contributed by atoms with Crippen molar-refractivity contribution in [2.24, 2.45) is 5.73 Å². The highest BCUT2D eigenvalue weighted by Gasteiger charge is 2.38. The average molecular weight is 215 g/mol. The molecule has 0 amide bonds. The number of nitrogens with two attached hydrogens (primary N) is 1. The van der Waals surface area contributed by atoms with Crippen LogP contribution in [-0.2, 0) is 0 Å². The molecule has 1 saturated heterocycles. The standard InChI is InChI=1S/C11H22FN3/c1-15-5-3-10(7-15)14-8-11(12)4-2-9(13)6-11/h9-10,14H,2-8,13H2,1H3. The van der Waals surface area contributed by atoms with Crippen molar-refractivity contribution in [2.75, 3.05) is 26.7 Å². The second kappa shape index (κ2) is 4.36. The van der Waals surface area contributed by atoms with Crippen LogP contribution in [0.5, 0.6) is 0 Å². The third-order valence-electron chi connectivity index (χ3n) is 3.69. The molecular formula is C11H22FN3. The van der Waals surface area contributed by atoms with Crippen molar-refractivity contribution in [1.82, 2.24) is 10.2 Å². The Morgan fingerprint density at radius 3 is 2.87 bits per heavy atom. The molecule has 2 aliphatic rings. The SMILES string of the molecule is CN1CCC(NCC2(F)CCC(N)C2)C1. The van der Waals surface area contributed by atoms with Crippen LogP contribution in [0.15, 0.2) is 0 Å². The molecule has 4 heteroatoms. The van der Waals surface area contributed by atoms with E-state index in [2.05, 4.69) is 17.3 Å². The normalized spacial score (nSPS) is 42.6. The molecular weight excluding hydrogens is 193 g/mol. The number of nitrogens with zero attached hydrogens (tertiary/aromatic N) is 1. The number of halogens is 1. The van der Waals surface area contributed by atoms with Gasteiger partial charge < -0.3 is 16.0 Å².